The van der Waals surface area contributed by atoms with Gasteiger partial charge in [-0.2, -0.15) is 0 Å². The molecule has 1 aromatic carbocycles. The molecule has 0 aliphatic carbocycles. The predicted octanol–water partition coefficient (Wildman–Crippen LogP) is 4.16. The van der Waals surface area contributed by atoms with E-state index in [4.69, 9.17) is 4.74 Å². The molecule has 0 saturated heterocycles. The Hall–Kier alpha value is -1.05. The van der Waals surface area contributed by atoms with Gasteiger partial charge in [-0.15, -0.1) is 0 Å². The molecule has 0 aliphatic rings. The third-order valence-corrected chi connectivity index (χ3v) is 2.37. The van der Waals surface area contributed by atoms with Crippen molar-refractivity contribution in [3.8, 4) is 5.75 Å². The van der Waals surface area contributed by atoms with Crippen LogP contribution in [0, 0.1) is 11.7 Å². The number of halogens is 1. The van der Waals surface area contributed by atoms with Crippen molar-refractivity contribution < 1.29 is 9.13 Å². The number of rotatable bonds is 3. The molecular formula is C14H21FO. The van der Waals surface area contributed by atoms with Gasteiger partial charge in [0.2, 0.25) is 0 Å². The van der Waals surface area contributed by atoms with E-state index in [0.29, 0.717) is 18.3 Å². The SMILES string of the molecule is CC(C)COc1cc(C(C)(C)C)ccc1F. The van der Waals surface area contributed by atoms with Crippen LogP contribution in [0.1, 0.15) is 40.2 Å². The normalized spacial score (nSPS) is 11.9. The fraction of sp³-hybridized carbons (Fsp3) is 0.571. The zero-order chi connectivity index (χ0) is 12.3. The molecule has 1 rings (SSSR count). The van der Waals surface area contributed by atoms with Crippen LogP contribution in [-0.4, -0.2) is 6.61 Å². The summed E-state index contributed by atoms with van der Waals surface area (Å²) < 4.78 is 18.9. The number of benzene rings is 1. The third kappa shape index (κ3) is 3.51. The average molecular weight is 224 g/mol. The Morgan fingerprint density at radius 2 is 1.88 bits per heavy atom. The minimum atomic E-state index is -0.284. The fourth-order valence-corrected chi connectivity index (χ4v) is 1.34. The van der Waals surface area contributed by atoms with Crippen molar-refractivity contribution in [1.82, 2.24) is 0 Å². The summed E-state index contributed by atoms with van der Waals surface area (Å²) in [5.41, 5.74) is 1.11. The molecule has 0 fully saturated rings. The van der Waals surface area contributed by atoms with Gasteiger partial charge in [-0.3, -0.25) is 0 Å². The maximum absolute atomic E-state index is 13.5. The van der Waals surface area contributed by atoms with Crippen LogP contribution in [0.4, 0.5) is 4.39 Å². The summed E-state index contributed by atoms with van der Waals surface area (Å²) in [5.74, 6) is 0.479. The van der Waals surface area contributed by atoms with Gasteiger partial charge < -0.3 is 4.74 Å². The molecule has 1 nitrogen and oxygen atoms in total. The topological polar surface area (TPSA) is 9.23 Å². The van der Waals surface area contributed by atoms with E-state index < -0.39 is 0 Å². The van der Waals surface area contributed by atoms with Crippen molar-refractivity contribution in [3.05, 3.63) is 29.6 Å². The molecule has 0 atom stereocenters. The molecule has 0 N–H and O–H groups in total. The number of ether oxygens (including phenoxy) is 1. The largest absolute Gasteiger partial charge is 0.490 e. The molecule has 0 aliphatic heterocycles. The maximum Gasteiger partial charge on any atom is 0.165 e. The van der Waals surface area contributed by atoms with Crippen LogP contribution >= 0.6 is 0 Å². The van der Waals surface area contributed by atoms with Crippen LogP contribution in [0.2, 0.25) is 0 Å². The lowest BCUT2D eigenvalue weighted by Gasteiger charge is -2.20. The van der Waals surface area contributed by atoms with Crippen LogP contribution in [0.15, 0.2) is 18.2 Å². The molecule has 90 valence electrons. The quantitative estimate of drug-likeness (QED) is 0.749. The molecule has 2 heteroatoms. The Morgan fingerprint density at radius 3 is 2.38 bits per heavy atom. The summed E-state index contributed by atoms with van der Waals surface area (Å²) in [4.78, 5) is 0. The summed E-state index contributed by atoms with van der Waals surface area (Å²) >= 11 is 0. The summed E-state index contributed by atoms with van der Waals surface area (Å²) in [7, 11) is 0. The molecule has 0 spiro atoms. The van der Waals surface area contributed by atoms with Gasteiger partial charge in [0.25, 0.3) is 0 Å². The van der Waals surface area contributed by atoms with Gasteiger partial charge in [0.1, 0.15) is 0 Å². The average Bonchev–Trinajstić information content (AvgIpc) is 2.14. The highest BCUT2D eigenvalue weighted by atomic mass is 19.1. The molecule has 0 radical (unpaired) electrons. The van der Waals surface area contributed by atoms with Gasteiger partial charge in [0.05, 0.1) is 6.61 Å². The Bertz CT molecular complexity index is 350. The molecule has 1 aromatic rings. The van der Waals surface area contributed by atoms with Crippen LogP contribution in [0.3, 0.4) is 0 Å². The van der Waals surface area contributed by atoms with E-state index in [9.17, 15) is 4.39 Å². The van der Waals surface area contributed by atoms with E-state index >= 15 is 0 Å². The fourth-order valence-electron chi connectivity index (χ4n) is 1.34. The molecule has 0 amide bonds. The van der Waals surface area contributed by atoms with E-state index in [0.717, 1.165) is 5.56 Å². The first kappa shape index (κ1) is 13.0. The summed E-state index contributed by atoms with van der Waals surface area (Å²) in [6.07, 6.45) is 0. The molecule has 0 saturated carbocycles. The minimum Gasteiger partial charge on any atom is -0.490 e. The van der Waals surface area contributed by atoms with Crippen molar-refractivity contribution in [1.29, 1.82) is 0 Å². The molecule has 0 bridgehead atoms. The van der Waals surface area contributed by atoms with E-state index in [1.54, 1.807) is 6.07 Å². The van der Waals surface area contributed by atoms with Crippen molar-refractivity contribution in [2.75, 3.05) is 6.61 Å². The van der Waals surface area contributed by atoms with E-state index in [1.807, 2.05) is 19.9 Å². The van der Waals surface area contributed by atoms with Crippen molar-refractivity contribution in [2.45, 2.75) is 40.0 Å². The molecule has 16 heavy (non-hydrogen) atoms. The smallest absolute Gasteiger partial charge is 0.165 e. The summed E-state index contributed by atoms with van der Waals surface area (Å²) in [5, 5.41) is 0. The monoisotopic (exact) mass is 224 g/mol. The zero-order valence-corrected chi connectivity index (χ0v) is 10.8. The summed E-state index contributed by atoms with van der Waals surface area (Å²) in [6, 6.07) is 5.10. The molecule has 0 unspecified atom stereocenters. The Morgan fingerprint density at radius 1 is 1.25 bits per heavy atom. The minimum absolute atomic E-state index is 0.0175. The van der Waals surface area contributed by atoms with Gasteiger partial charge in [-0.25, -0.2) is 4.39 Å². The van der Waals surface area contributed by atoms with Crippen LogP contribution in [-0.2, 0) is 5.41 Å². The van der Waals surface area contributed by atoms with Gasteiger partial charge in [-0.1, -0.05) is 40.7 Å². The van der Waals surface area contributed by atoms with E-state index in [-0.39, 0.29) is 11.2 Å². The summed E-state index contributed by atoms with van der Waals surface area (Å²) in [6.45, 7) is 11.0. The van der Waals surface area contributed by atoms with Gasteiger partial charge in [-0.05, 0) is 29.0 Å². The predicted molar refractivity (Wildman–Crippen MR) is 65.4 cm³/mol. The highest BCUT2D eigenvalue weighted by molar-refractivity contribution is 5.34. The van der Waals surface area contributed by atoms with E-state index in [2.05, 4.69) is 20.8 Å². The molecular weight excluding hydrogens is 203 g/mol. The third-order valence-electron chi connectivity index (χ3n) is 2.37. The maximum atomic E-state index is 13.5. The lowest BCUT2D eigenvalue weighted by molar-refractivity contribution is 0.258. The van der Waals surface area contributed by atoms with Crippen molar-refractivity contribution in [2.24, 2.45) is 5.92 Å². The molecule has 0 aromatic heterocycles. The standard InChI is InChI=1S/C14H21FO/c1-10(2)9-16-13-8-11(14(3,4)5)6-7-12(13)15/h6-8,10H,9H2,1-5H3. The van der Waals surface area contributed by atoms with Gasteiger partial charge >= 0.3 is 0 Å². The number of hydrogen-bond acceptors (Lipinski definition) is 1. The van der Waals surface area contributed by atoms with Gasteiger partial charge in [0, 0.05) is 0 Å². The Labute approximate surface area is 97.6 Å². The first-order chi connectivity index (χ1) is 7.30. The second kappa shape index (κ2) is 4.86. The van der Waals surface area contributed by atoms with Crippen molar-refractivity contribution in [3.63, 3.8) is 0 Å². The van der Waals surface area contributed by atoms with Crippen LogP contribution in [0.5, 0.6) is 5.75 Å². The van der Waals surface area contributed by atoms with E-state index in [1.165, 1.54) is 6.07 Å². The lowest BCUT2D eigenvalue weighted by Crippen LogP contribution is -2.12. The number of hydrogen-bond donors (Lipinski definition) is 0. The van der Waals surface area contributed by atoms with Crippen LogP contribution in [0.25, 0.3) is 0 Å². The Kier molecular flexibility index (Phi) is 3.95. The second-order valence-corrected chi connectivity index (χ2v) is 5.60. The first-order valence-electron chi connectivity index (χ1n) is 5.73. The highest BCUT2D eigenvalue weighted by Crippen LogP contribution is 2.27. The van der Waals surface area contributed by atoms with Gasteiger partial charge in [0.15, 0.2) is 11.6 Å². The van der Waals surface area contributed by atoms with Crippen LogP contribution < -0.4 is 4.74 Å². The molecule has 0 heterocycles. The zero-order valence-electron chi connectivity index (χ0n) is 10.8. The Balaban J connectivity index is 2.91. The first-order valence-corrected chi connectivity index (χ1v) is 5.73. The van der Waals surface area contributed by atoms with Crippen molar-refractivity contribution >= 4 is 0 Å². The lowest BCUT2D eigenvalue weighted by atomic mass is 9.87. The second-order valence-electron chi connectivity index (χ2n) is 5.60. The highest BCUT2D eigenvalue weighted by Gasteiger charge is 2.16.